The summed E-state index contributed by atoms with van der Waals surface area (Å²) in [5, 5.41) is 2.39. The third kappa shape index (κ3) is 3.76. The van der Waals surface area contributed by atoms with E-state index in [0.717, 1.165) is 16.9 Å². The predicted octanol–water partition coefficient (Wildman–Crippen LogP) is 5.43. The van der Waals surface area contributed by atoms with Crippen molar-refractivity contribution in [1.82, 2.24) is 5.32 Å². The zero-order chi connectivity index (χ0) is 21.9. The third-order valence-corrected chi connectivity index (χ3v) is 5.14. The van der Waals surface area contributed by atoms with Gasteiger partial charge in [0.1, 0.15) is 11.5 Å². The maximum Gasteiger partial charge on any atom is 0.259 e. The number of amides is 2. The fourth-order valence-corrected chi connectivity index (χ4v) is 3.64. The van der Waals surface area contributed by atoms with Crippen LogP contribution in [0.15, 0.2) is 97.1 Å². The molecule has 0 aromatic heterocycles. The lowest BCUT2D eigenvalue weighted by atomic mass is 9.91. The number of imide groups is 1. The van der Waals surface area contributed by atoms with Crippen LogP contribution in [0.5, 0.6) is 11.5 Å². The van der Waals surface area contributed by atoms with Gasteiger partial charge in [-0.3, -0.25) is 14.9 Å². The summed E-state index contributed by atoms with van der Waals surface area (Å²) in [7, 11) is 0. The minimum atomic E-state index is -0.409. The highest BCUT2D eigenvalue weighted by Crippen LogP contribution is 2.34. The molecule has 1 aliphatic heterocycles. The van der Waals surface area contributed by atoms with Crippen LogP contribution in [0.25, 0.3) is 11.1 Å². The summed E-state index contributed by atoms with van der Waals surface area (Å²) in [6.07, 6.45) is 0. The second-order valence-corrected chi connectivity index (χ2v) is 7.25. The monoisotopic (exact) mass is 415 g/mol. The SMILES string of the molecule is O=C1NC(=O)c2c1ccc(C#Cc1ccccc1)c2-c1ccc(Oc2ccccc2)cc1. The Morgan fingerprint density at radius 3 is 1.97 bits per heavy atom. The van der Waals surface area contributed by atoms with Gasteiger partial charge in [0.15, 0.2) is 0 Å². The summed E-state index contributed by atoms with van der Waals surface area (Å²) in [6.45, 7) is 0. The molecule has 1 heterocycles. The van der Waals surface area contributed by atoms with E-state index in [-0.39, 0.29) is 0 Å². The van der Waals surface area contributed by atoms with Gasteiger partial charge in [-0.1, -0.05) is 60.4 Å². The van der Waals surface area contributed by atoms with Crippen molar-refractivity contribution < 1.29 is 14.3 Å². The average molecular weight is 415 g/mol. The molecule has 0 spiro atoms. The van der Waals surface area contributed by atoms with Crippen molar-refractivity contribution in [1.29, 1.82) is 0 Å². The van der Waals surface area contributed by atoms with Gasteiger partial charge in [0, 0.05) is 16.7 Å². The van der Waals surface area contributed by atoms with Gasteiger partial charge >= 0.3 is 0 Å². The summed E-state index contributed by atoms with van der Waals surface area (Å²) >= 11 is 0. The normalized spacial score (nSPS) is 11.9. The molecular formula is C28H17NO3. The molecule has 4 aromatic carbocycles. The molecule has 0 saturated heterocycles. The Hall–Kier alpha value is -4.62. The van der Waals surface area contributed by atoms with E-state index in [1.54, 1.807) is 12.1 Å². The molecule has 4 nitrogen and oxygen atoms in total. The lowest BCUT2D eigenvalue weighted by molar-refractivity contribution is 0.0880. The first-order valence-corrected chi connectivity index (χ1v) is 10.1. The van der Waals surface area contributed by atoms with Crippen molar-refractivity contribution in [2.45, 2.75) is 0 Å². The lowest BCUT2D eigenvalue weighted by Gasteiger charge is -2.11. The number of carbonyl (C=O) groups is 2. The molecule has 0 aliphatic carbocycles. The molecule has 0 saturated carbocycles. The number of hydrogen-bond donors (Lipinski definition) is 1. The summed E-state index contributed by atoms with van der Waals surface area (Å²) in [6, 6.07) is 30.0. The molecule has 0 bridgehead atoms. The molecule has 4 heteroatoms. The van der Waals surface area contributed by atoms with Gasteiger partial charge in [0.25, 0.3) is 11.8 Å². The molecule has 32 heavy (non-hydrogen) atoms. The van der Waals surface area contributed by atoms with Crippen molar-refractivity contribution in [3.05, 3.63) is 119 Å². The molecule has 1 aliphatic rings. The molecular weight excluding hydrogens is 398 g/mol. The Morgan fingerprint density at radius 2 is 1.25 bits per heavy atom. The van der Waals surface area contributed by atoms with Crippen LogP contribution in [-0.4, -0.2) is 11.8 Å². The van der Waals surface area contributed by atoms with Crippen molar-refractivity contribution in [3.8, 4) is 34.5 Å². The smallest absolute Gasteiger partial charge is 0.259 e. The Labute approximate surface area is 185 Å². The van der Waals surface area contributed by atoms with Crippen LogP contribution in [0.4, 0.5) is 0 Å². The molecule has 0 atom stereocenters. The van der Waals surface area contributed by atoms with Gasteiger partial charge in [-0.2, -0.15) is 0 Å². The summed E-state index contributed by atoms with van der Waals surface area (Å²) in [5.41, 5.74) is 3.68. The predicted molar refractivity (Wildman–Crippen MR) is 123 cm³/mol. The van der Waals surface area contributed by atoms with Crippen LogP contribution in [0.3, 0.4) is 0 Å². The van der Waals surface area contributed by atoms with Crippen LogP contribution < -0.4 is 10.1 Å². The molecule has 152 valence electrons. The third-order valence-electron chi connectivity index (χ3n) is 5.14. The number of hydrogen-bond acceptors (Lipinski definition) is 3. The molecule has 0 unspecified atom stereocenters. The van der Waals surface area contributed by atoms with Gasteiger partial charge in [-0.25, -0.2) is 0 Å². The number of carbonyl (C=O) groups excluding carboxylic acids is 2. The lowest BCUT2D eigenvalue weighted by Crippen LogP contribution is -2.20. The number of nitrogens with one attached hydrogen (secondary N) is 1. The Balaban J connectivity index is 1.58. The molecule has 4 aromatic rings. The molecule has 1 N–H and O–H groups in total. The number of ether oxygens (including phenoxy) is 1. The van der Waals surface area contributed by atoms with E-state index in [0.29, 0.717) is 28.0 Å². The highest BCUT2D eigenvalue weighted by Gasteiger charge is 2.31. The van der Waals surface area contributed by atoms with Crippen LogP contribution in [0, 0.1) is 11.8 Å². The Bertz CT molecular complexity index is 1380. The number of rotatable bonds is 3. The van der Waals surface area contributed by atoms with E-state index in [9.17, 15) is 9.59 Å². The van der Waals surface area contributed by atoms with E-state index in [4.69, 9.17) is 4.74 Å². The van der Waals surface area contributed by atoms with Gasteiger partial charge in [0.05, 0.1) is 11.1 Å². The van der Waals surface area contributed by atoms with Crippen molar-refractivity contribution in [2.75, 3.05) is 0 Å². The first-order chi connectivity index (χ1) is 15.7. The topological polar surface area (TPSA) is 55.4 Å². The minimum absolute atomic E-state index is 0.353. The summed E-state index contributed by atoms with van der Waals surface area (Å²) < 4.78 is 5.87. The fourth-order valence-electron chi connectivity index (χ4n) is 3.64. The molecule has 0 radical (unpaired) electrons. The zero-order valence-electron chi connectivity index (χ0n) is 17.0. The Kier molecular flexibility index (Phi) is 4.99. The van der Waals surface area contributed by atoms with Crippen LogP contribution in [0.1, 0.15) is 31.8 Å². The van der Waals surface area contributed by atoms with Crippen LogP contribution >= 0.6 is 0 Å². The highest BCUT2D eigenvalue weighted by molar-refractivity contribution is 6.24. The largest absolute Gasteiger partial charge is 0.457 e. The highest BCUT2D eigenvalue weighted by atomic mass is 16.5. The zero-order valence-corrected chi connectivity index (χ0v) is 17.0. The van der Waals surface area contributed by atoms with Crippen molar-refractivity contribution in [3.63, 3.8) is 0 Å². The number of para-hydroxylation sites is 1. The summed E-state index contributed by atoms with van der Waals surface area (Å²) in [5.74, 6) is 6.92. The van der Waals surface area contributed by atoms with Crippen molar-refractivity contribution in [2.24, 2.45) is 0 Å². The van der Waals surface area contributed by atoms with E-state index >= 15 is 0 Å². The number of fused-ring (bicyclic) bond motifs is 1. The van der Waals surface area contributed by atoms with Gasteiger partial charge < -0.3 is 4.74 Å². The van der Waals surface area contributed by atoms with Gasteiger partial charge in [0.2, 0.25) is 0 Å². The van der Waals surface area contributed by atoms with E-state index in [1.807, 2.05) is 84.9 Å². The maximum atomic E-state index is 12.6. The van der Waals surface area contributed by atoms with E-state index in [2.05, 4.69) is 17.2 Å². The second kappa shape index (κ2) is 8.25. The van der Waals surface area contributed by atoms with Crippen LogP contribution in [0.2, 0.25) is 0 Å². The van der Waals surface area contributed by atoms with Gasteiger partial charge in [-0.15, -0.1) is 0 Å². The molecule has 2 amide bonds. The fraction of sp³-hybridized carbons (Fsp3) is 0. The van der Waals surface area contributed by atoms with E-state index in [1.165, 1.54) is 0 Å². The first-order valence-electron chi connectivity index (χ1n) is 10.1. The maximum absolute atomic E-state index is 12.6. The number of benzene rings is 4. The first kappa shape index (κ1) is 19.3. The summed E-state index contributed by atoms with van der Waals surface area (Å²) in [4.78, 5) is 24.8. The molecule has 5 rings (SSSR count). The van der Waals surface area contributed by atoms with Crippen molar-refractivity contribution >= 4 is 11.8 Å². The van der Waals surface area contributed by atoms with E-state index < -0.39 is 11.8 Å². The quantitative estimate of drug-likeness (QED) is 0.359. The minimum Gasteiger partial charge on any atom is -0.457 e. The Morgan fingerprint density at radius 1 is 0.594 bits per heavy atom. The second-order valence-electron chi connectivity index (χ2n) is 7.25. The van der Waals surface area contributed by atoms with Gasteiger partial charge in [-0.05, 0) is 54.1 Å². The standard InChI is InChI=1S/C28H17NO3/c30-27-24-18-15-20(12-11-19-7-3-1-4-8-19)25(26(24)28(31)29-27)21-13-16-23(17-14-21)32-22-9-5-2-6-10-22/h1-10,13-18H,(H,29,30,31). The molecule has 0 fully saturated rings. The average Bonchev–Trinajstić information content (AvgIpc) is 3.13. The van der Waals surface area contributed by atoms with Crippen LogP contribution in [-0.2, 0) is 0 Å².